The molecule has 0 spiro atoms. The van der Waals surface area contributed by atoms with E-state index in [4.69, 9.17) is 4.74 Å². The Bertz CT molecular complexity index is 1430. The molecule has 0 N–H and O–H groups in total. The Kier molecular flexibility index (Phi) is 9.53. The highest BCUT2D eigenvalue weighted by molar-refractivity contribution is 7.91. The minimum absolute atomic E-state index is 0.0473. The SMILES string of the molecule is CCCCCCCCCOC(=O)c1nn(-c2ccc(OC(F)(F)F)cc2)c2cccc(S(C)(=O)=O)c2c1=O. The van der Waals surface area contributed by atoms with Crippen LogP contribution in [-0.4, -0.2) is 43.4 Å². The number of carbonyl (C=O) groups is 1. The number of hydrogen-bond acceptors (Lipinski definition) is 7. The lowest BCUT2D eigenvalue weighted by Crippen LogP contribution is -2.25. The van der Waals surface area contributed by atoms with Crippen molar-refractivity contribution in [3.05, 3.63) is 58.4 Å². The summed E-state index contributed by atoms with van der Waals surface area (Å²) < 4.78 is 72.8. The first-order valence-corrected chi connectivity index (χ1v) is 14.1. The minimum Gasteiger partial charge on any atom is -0.461 e. The molecule has 0 unspecified atom stereocenters. The number of esters is 1. The molecule has 8 nitrogen and oxygen atoms in total. The summed E-state index contributed by atoms with van der Waals surface area (Å²) in [5, 5.41) is 3.84. The van der Waals surface area contributed by atoms with Gasteiger partial charge >= 0.3 is 12.3 Å². The van der Waals surface area contributed by atoms with Crippen LogP contribution in [0.4, 0.5) is 13.2 Å². The molecular weight excluding hydrogens is 525 g/mol. The fraction of sp³-hybridized carbons (Fsp3) is 0.423. The molecule has 0 saturated carbocycles. The topological polar surface area (TPSA) is 105 Å². The fourth-order valence-electron chi connectivity index (χ4n) is 3.96. The van der Waals surface area contributed by atoms with Crippen molar-refractivity contribution in [3.63, 3.8) is 0 Å². The number of sulfone groups is 1. The first-order valence-electron chi connectivity index (χ1n) is 12.2. The van der Waals surface area contributed by atoms with Crippen LogP contribution in [-0.2, 0) is 14.6 Å². The first-order chi connectivity index (χ1) is 17.9. The molecule has 38 heavy (non-hydrogen) atoms. The van der Waals surface area contributed by atoms with Gasteiger partial charge in [0.15, 0.2) is 9.84 Å². The van der Waals surface area contributed by atoms with Gasteiger partial charge in [0.1, 0.15) is 5.75 Å². The van der Waals surface area contributed by atoms with Crippen LogP contribution in [0.25, 0.3) is 16.6 Å². The third-order valence-corrected chi connectivity index (χ3v) is 6.90. The van der Waals surface area contributed by atoms with Crippen LogP contribution >= 0.6 is 0 Å². The van der Waals surface area contributed by atoms with Crippen LogP contribution in [0.1, 0.15) is 62.4 Å². The third-order valence-electron chi connectivity index (χ3n) is 5.76. The van der Waals surface area contributed by atoms with Crippen LogP contribution in [0.2, 0.25) is 0 Å². The number of halogens is 3. The molecule has 0 aliphatic carbocycles. The molecule has 3 aromatic rings. The van der Waals surface area contributed by atoms with Gasteiger partial charge in [0.2, 0.25) is 11.1 Å². The lowest BCUT2D eigenvalue weighted by Gasteiger charge is -2.15. The second-order valence-corrected chi connectivity index (χ2v) is 10.8. The number of rotatable bonds is 12. The number of fused-ring (bicyclic) bond motifs is 1. The monoisotopic (exact) mass is 554 g/mol. The highest BCUT2D eigenvalue weighted by atomic mass is 32.2. The number of hydrogen-bond donors (Lipinski definition) is 0. The van der Waals surface area contributed by atoms with Gasteiger partial charge in [-0.15, -0.1) is 13.2 Å². The molecule has 0 fully saturated rings. The number of alkyl halides is 3. The normalized spacial score (nSPS) is 12.0. The summed E-state index contributed by atoms with van der Waals surface area (Å²) in [7, 11) is -3.89. The number of aromatic nitrogens is 2. The molecule has 1 heterocycles. The molecule has 0 aliphatic heterocycles. The van der Waals surface area contributed by atoms with Crippen LogP contribution < -0.4 is 10.2 Å². The molecule has 3 rings (SSSR count). The van der Waals surface area contributed by atoms with Gasteiger partial charge in [-0.2, -0.15) is 5.10 Å². The van der Waals surface area contributed by atoms with Gasteiger partial charge in [-0.25, -0.2) is 17.9 Å². The summed E-state index contributed by atoms with van der Waals surface area (Å²) in [5.74, 6) is -1.50. The Labute approximate surface area is 218 Å². The molecule has 0 saturated heterocycles. The molecule has 206 valence electrons. The largest absolute Gasteiger partial charge is 0.573 e. The average molecular weight is 555 g/mol. The molecule has 1 aromatic heterocycles. The summed E-state index contributed by atoms with van der Waals surface area (Å²) in [6, 6.07) is 8.59. The van der Waals surface area contributed by atoms with E-state index in [-0.39, 0.29) is 28.1 Å². The van der Waals surface area contributed by atoms with E-state index in [1.807, 2.05) is 0 Å². The summed E-state index contributed by atoms with van der Waals surface area (Å²) in [6.07, 6.45) is 3.00. The van der Waals surface area contributed by atoms with Crippen LogP contribution in [0.3, 0.4) is 0 Å². The predicted molar refractivity (Wildman–Crippen MR) is 135 cm³/mol. The van der Waals surface area contributed by atoms with Gasteiger partial charge in [0.25, 0.3) is 0 Å². The summed E-state index contributed by atoms with van der Waals surface area (Å²) in [5.41, 5.74) is -1.34. The first kappa shape index (κ1) is 29.2. The van der Waals surface area contributed by atoms with Gasteiger partial charge in [-0.05, 0) is 42.8 Å². The quantitative estimate of drug-likeness (QED) is 0.212. The highest BCUT2D eigenvalue weighted by Crippen LogP contribution is 2.26. The van der Waals surface area contributed by atoms with Gasteiger partial charge in [0.05, 0.1) is 28.1 Å². The number of ether oxygens (including phenoxy) is 2. The van der Waals surface area contributed by atoms with Crippen molar-refractivity contribution >= 4 is 26.7 Å². The van der Waals surface area contributed by atoms with E-state index in [9.17, 15) is 31.2 Å². The van der Waals surface area contributed by atoms with E-state index in [2.05, 4.69) is 16.8 Å². The Morgan fingerprint density at radius 2 is 1.61 bits per heavy atom. The average Bonchev–Trinajstić information content (AvgIpc) is 2.84. The second kappa shape index (κ2) is 12.4. The molecule has 2 aromatic carbocycles. The van der Waals surface area contributed by atoms with E-state index in [1.165, 1.54) is 36.8 Å². The van der Waals surface area contributed by atoms with Crippen molar-refractivity contribution < 1.29 is 35.9 Å². The molecule has 0 amide bonds. The molecular formula is C26H29F3N2O6S. The molecule has 0 bridgehead atoms. The third kappa shape index (κ3) is 7.56. The van der Waals surface area contributed by atoms with Crippen molar-refractivity contribution in [1.29, 1.82) is 0 Å². The van der Waals surface area contributed by atoms with E-state index < -0.39 is 39.0 Å². The summed E-state index contributed by atoms with van der Waals surface area (Å²) in [4.78, 5) is 25.8. The van der Waals surface area contributed by atoms with Crippen LogP contribution in [0.5, 0.6) is 5.75 Å². The van der Waals surface area contributed by atoms with Crippen molar-refractivity contribution in [1.82, 2.24) is 9.78 Å². The van der Waals surface area contributed by atoms with Crippen LogP contribution in [0, 0.1) is 0 Å². The van der Waals surface area contributed by atoms with Crippen molar-refractivity contribution in [3.8, 4) is 11.4 Å². The zero-order chi connectivity index (χ0) is 27.9. The maximum absolute atomic E-state index is 13.3. The lowest BCUT2D eigenvalue weighted by atomic mass is 10.1. The standard InChI is InChI=1S/C26H29F3N2O6S/c1-3-4-5-6-7-8-9-17-36-25(33)23-24(32)22-20(11-10-12-21(22)38(2,34)35)31(30-23)18-13-15-19(16-14-18)37-26(27,28)29/h10-16H,3-9,17H2,1-2H3. The molecule has 0 radical (unpaired) electrons. The van der Waals surface area contributed by atoms with E-state index in [0.717, 1.165) is 55.2 Å². The van der Waals surface area contributed by atoms with Gasteiger partial charge < -0.3 is 9.47 Å². The Morgan fingerprint density at radius 1 is 0.974 bits per heavy atom. The minimum atomic E-state index is -4.89. The highest BCUT2D eigenvalue weighted by Gasteiger charge is 2.31. The second-order valence-electron chi connectivity index (χ2n) is 8.81. The maximum Gasteiger partial charge on any atom is 0.573 e. The molecule has 0 aliphatic rings. The van der Waals surface area contributed by atoms with Gasteiger partial charge in [0, 0.05) is 6.26 Å². The molecule has 12 heteroatoms. The van der Waals surface area contributed by atoms with Crippen LogP contribution in [0.15, 0.2) is 52.2 Å². The van der Waals surface area contributed by atoms with Crippen molar-refractivity contribution in [2.75, 3.05) is 12.9 Å². The smallest absolute Gasteiger partial charge is 0.461 e. The summed E-state index contributed by atoms with van der Waals surface area (Å²) in [6.45, 7) is 2.19. The Hall–Kier alpha value is -3.41. The predicted octanol–water partition coefficient (Wildman–Crippen LogP) is 5.60. The van der Waals surface area contributed by atoms with Gasteiger partial charge in [-0.1, -0.05) is 51.5 Å². The van der Waals surface area contributed by atoms with Crippen molar-refractivity contribution in [2.24, 2.45) is 0 Å². The Morgan fingerprint density at radius 3 is 2.21 bits per heavy atom. The summed E-state index contributed by atoms with van der Waals surface area (Å²) >= 11 is 0. The van der Waals surface area contributed by atoms with Gasteiger partial charge in [-0.3, -0.25) is 4.79 Å². The van der Waals surface area contributed by atoms with Crippen molar-refractivity contribution in [2.45, 2.75) is 63.1 Å². The Balaban J connectivity index is 1.97. The lowest BCUT2D eigenvalue weighted by molar-refractivity contribution is -0.274. The van der Waals surface area contributed by atoms with E-state index in [0.29, 0.717) is 6.42 Å². The van der Waals surface area contributed by atoms with E-state index in [1.54, 1.807) is 0 Å². The number of unbranched alkanes of at least 4 members (excludes halogenated alkanes) is 6. The zero-order valence-corrected chi connectivity index (χ0v) is 21.9. The maximum atomic E-state index is 13.3. The number of nitrogens with zero attached hydrogens (tertiary/aromatic N) is 2. The fourth-order valence-corrected chi connectivity index (χ4v) is 4.86. The van der Waals surface area contributed by atoms with E-state index >= 15 is 0 Å². The zero-order valence-electron chi connectivity index (χ0n) is 21.1. The molecule has 0 atom stereocenters. The number of carbonyl (C=O) groups excluding carboxylic acids is 1. The number of benzene rings is 2.